The van der Waals surface area contributed by atoms with Crippen molar-refractivity contribution < 1.29 is 66.8 Å². The number of rotatable bonds is 14. The van der Waals surface area contributed by atoms with E-state index in [4.69, 9.17) is 16.3 Å². The summed E-state index contributed by atoms with van der Waals surface area (Å²) in [4.78, 5) is 5.96. The van der Waals surface area contributed by atoms with Crippen molar-refractivity contribution in [2.24, 2.45) is 30.7 Å². The van der Waals surface area contributed by atoms with Gasteiger partial charge in [-0.05, 0) is 79.7 Å². The van der Waals surface area contributed by atoms with Crippen LogP contribution in [-0.2, 0) is 40.5 Å². The molecule has 366 valence electrons. The molecule has 0 fully saturated rings. The minimum atomic E-state index is -5.34. The number of phenols is 1. The number of para-hydroxylation sites is 2. The number of aromatic nitrogens is 3. The Labute approximate surface area is 408 Å². The lowest BCUT2D eigenvalue weighted by atomic mass is 10.1. The van der Waals surface area contributed by atoms with Gasteiger partial charge in [0.05, 0.1) is 44.3 Å². The van der Waals surface area contributed by atoms with E-state index in [2.05, 4.69) is 40.7 Å². The van der Waals surface area contributed by atoms with Crippen LogP contribution in [0.4, 0.5) is 33.6 Å². The average Bonchev–Trinajstić information content (AvgIpc) is 3.86. The van der Waals surface area contributed by atoms with Gasteiger partial charge in [0.1, 0.15) is 49.1 Å². The number of benzene rings is 5. The van der Waals surface area contributed by atoms with Crippen LogP contribution < -0.4 is 4.74 Å². The number of thiazole rings is 1. The van der Waals surface area contributed by atoms with Crippen molar-refractivity contribution in [1.82, 2.24) is 14.4 Å². The van der Waals surface area contributed by atoms with Crippen LogP contribution in [0.5, 0.6) is 17.4 Å². The minimum Gasteiger partial charge on any atom is -0.505 e. The van der Waals surface area contributed by atoms with Gasteiger partial charge in [-0.2, -0.15) is 38.9 Å². The number of phenolic OH excluding ortho intramolecular Hbond substituents is 1. The van der Waals surface area contributed by atoms with Gasteiger partial charge in [-0.25, -0.2) is 9.97 Å². The molecule has 0 aliphatic carbocycles. The summed E-state index contributed by atoms with van der Waals surface area (Å²) in [5, 5.41) is 56.3. The summed E-state index contributed by atoms with van der Waals surface area (Å²) in [5.41, 5.74) is -0.735. The predicted molar refractivity (Wildman–Crippen MR) is 254 cm³/mol. The Kier molecular flexibility index (Phi) is 13.1. The van der Waals surface area contributed by atoms with E-state index in [9.17, 15) is 67.4 Å². The van der Waals surface area contributed by atoms with E-state index < -0.39 is 89.3 Å². The van der Waals surface area contributed by atoms with E-state index >= 15 is 0 Å². The molecule has 3 aromatic heterocycles. The maximum atomic E-state index is 12.8. The van der Waals surface area contributed by atoms with E-state index in [0.29, 0.717) is 33.4 Å². The Morgan fingerprint density at radius 1 is 0.732 bits per heavy atom. The molecule has 31 heteroatoms. The van der Waals surface area contributed by atoms with Gasteiger partial charge in [-0.15, -0.1) is 30.7 Å². The Balaban J connectivity index is 1.23. The zero-order valence-corrected chi connectivity index (χ0v) is 40.6. The van der Waals surface area contributed by atoms with Crippen LogP contribution in [0.15, 0.2) is 112 Å². The number of imidazole rings is 1. The molecule has 5 aromatic carbocycles. The van der Waals surface area contributed by atoms with Crippen LogP contribution in [0.3, 0.4) is 0 Å². The van der Waals surface area contributed by atoms with Gasteiger partial charge in [-0.1, -0.05) is 35.1 Å². The van der Waals surface area contributed by atoms with Crippen LogP contribution in [0, 0.1) is 25.2 Å². The van der Waals surface area contributed by atoms with E-state index in [1.165, 1.54) is 36.4 Å². The smallest absolute Gasteiger partial charge is 0.296 e. The molecular weight excluding hydrogens is 1060 g/mol. The number of fused-ring (bicyclic) bond motifs is 5. The van der Waals surface area contributed by atoms with Crippen LogP contribution in [-0.4, -0.2) is 88.8 Å². The Bertz CT molecular complexity index is 4210. The number of aromatic hydroxyl groups is 2. The fourth-order valence-electron chi connectivity index (χ4n) is 7.01. The third-order valence-corrected chi connectivity index (χ3v) is 15.1. The number of nitriles is 1. The van der Waals surface area contributed by atoms with Crippen LogP contribution in [0.1, 0.15) is 23.1 Å². The third-order valence-electron chi connectivity index (χ3n) is 10.3. The molecule has 0 radical (unpaired) electrons. The summed E-state index contributed by atoms with van der Waals surface area (Å²) in [7, 11) is -19.7. The van der Waals surface area contributed by atoms with Crippen LogP contribution >= 0.6 is 22.9 Å². The molecule has 0 saturated carbocycles. The number of pyridine rings is 1. The Hall–Kier alpha value is -7.18. The molecule has 0 saturated heterocycles. The molecule has 0 aliphatic heterocycles. The highest BCUT2D eigenvalue weighted by molar-refractivity contribution is 7.86. The second-order valence-electron chi connectivity index (χ2n) is 15.0. The second kappa shape index (κ2) is 18.5. The predicted octanol–water partition coefficient (Wildman–Crippen LogP) is 9.45. The highest BCUT2D eigenvalue weighted by Gasteiger charge is 2.27. The lowest BCUT2D eigenvalue weighted by Crippen LogP contribution is -2.08. The van der Waals surface area contributed by atoms with E-state index in [1.54, 1.807) is 24.3 Å². The number of nitrogens with zero attached hydrogens (tertiary/aromatic N) is 10. The summed E-state index contributed by atoms with van der Waals surface area (Å²) in [6.07, 6.45) is -0.253. The summed E-state index contributed by atoms with van der Waals surface area (Å²) < 4.78 is 144. The molecule has 0 amide bonds. The van der Waals surface area contributed by atoms with Gasteiger partial charge in [0.25, 0.3) is 40.5 Å². The summed E-state index contributed by atoms with van der Waals surface area (Å²) in [6, 6.07) is 15.7. The number of ether oxygens (including phenoxy) is 1. The standard InChI is InChI=1S/C40H29ClN10O15S5/c1-18-10-26(30(66-8-5-9-68(54,55)56)15-25(18)45-50-40-44-27-16-32(69(57,58)59)23(41)14-31(27)67-40)46-49-36-34(71(63,64)65)12-20-11-33(70(60,61)62)28(13-21(20)37(36)52)47-48-35-19(2)22(17-42)38-43-24-6-3-4-7-29(24)51(38)39(35)53/h3-4,6-7,10-16,52-53H,5,8-9H2,1-2H3,(H,54,55,56)(H,57,58,59)(H,60,61,62)(H,63,64,65). The molecule has 8 aromatic rings. The molecule has 3 heterocycles. The molecular formula is C40H29ClN10O15S5. The maximum Gasteiger partial charge on any atom is 0.296 e. The quantitative estimate of drug-likeness (QED) is 0.0335. The molecule has 0 unspecified atom stereocenters. The lowest BCUT2D eigenvalue weighted by molar-refractivity contribution is 0.317. The van der Waals surface area contributed by atoms with Crippen molar-refractivity contribution in [3.8, 4) is 23.4 Å². The number of hydrogen-bond donors (Lipinski definition) is 6. The fourth-order valence-corrected chi connectivity index (χ4v) is 10.7. The van der Waals surface area contributed by atoms with Gasteiger partial charge in [-0.3, -0.25) is 22.6 Å². The zero-order chi connectivity index (χ0) is 51.5. The van der Waals surface area contributed by atoms with E-state index in [1.807, 2.05) is 6.07 Å². The molecule has 0 spiro atoms. The second-order valence-corrected chi connectivity index (χ2v) is 22.2. The highest BCUT2D eigenvalue weighted by Crippen LogP contribution is 2.46. The fraction of sp³-hybridized carbons (Fsp3) is 0.125. The first-order valence-corrected chi connectivity index (χ1v) is 26.7. The third kappa shape index (κ3) is 10.2. The molecule has 0 aliphatic rings. The monoisotopic (exact) mass is 1080 g/mol. The van der Waals surface area contributed by atoms with Gasteiger partial charge in [0.2, 0.25) is 11.0 Å². The zero-order valence-electron chi connectivity index (χ0n) is 35.7. The molecule has 0 atom stereocenters. The number of azo groups is 3. The van der Waals surface area contributed by atoms with Crippen molar-refractivity contribution in [1.29, 1.82) is 5.26 Å². The number of aryl methyl sites for hydroxylation is 1. The summed E-state index contributed by atoms with van der Waals surface area (Å²) in [6.45, 7) is 2.56. The van der Waals surface area contributed by atoms with Gasteiger partial charge in [0.15, 0.2) is 17.1 Å². The molecule has 71 heavy (non-hydrogen) atoms. The van der Waals surface area contributed by atoms with Crippen molar-refractivity contribution >= 4 is 135 Å². The summed E-state index contributed by atoms with van der Waals surface area (Å²) in [5.74, 6) is -2.51. The normalized spacial score (nSPS) is 13.0. The lowest BCUT2D eigenvalue weighted by Gasteiger charge is -2.13. The first-order valence-electron chi connectivity index (χ1n) is 19.6. The van der Waals surface area contributed by atoms with Gasteiger partial charge < -0.3 is 14.9 Å². The van der Waals surface area contributed by atoms with E-state index in [0.717, 1.165) is 23.5 Å². The first-order chi connectivity index (χ1) is 33.2. The van der Waals surface area contributed by atoms with Crippen molar-refractivity contribution in [3.05, 3.63) is 88.4 Å². The largest absolute Gasteiger partial charge is 0.505 e. The van der Waals surface area contributed by atoms with Crippen molar-refractivity contribution in [2.45, 2.75) is 35.0 Å². The van der Waals surface area contributed by atoms with E-state index in [-0.39, 0.29) is 73.7 Å². The average molecular weight is 1090 g/mol. The Morgan fingerprint density at radius 3 is 2.06 bits per heavy atom. The highest BCUT2D eigenvalue weighted by atomic mass is 35.5. The van der Waals surface area contributed by atoms with Crippen molar-refractivity contribution in [2.75, 3.05) is 12.4 Å². The first kappa shape index (κ1) is 50.2. The van der Waals surface area contributed by atoms with Crippen molar-refractivity contribution in [3.63, 3.8) is 0 Å². The SMILES string of the molecule is Cc1cc(N=Nc2c(S(=O)(=O)O)cc3cc(S(=O)(=O)O)c(N=Nc4c(C)c(C#N)c5nc6ccccc6n5c4O)cc3c2O)c(OCCCS(=O)(=O)O)cc1N=Nc1nc2cc(S(=O)(=O)O)c(Cl)cc2s1. The van der Waals surface area contributed by atoms with Gasteiger partial charge >= 0.3 is 0 Å². The topological polar surface area (TPSA) is 395 Å². The van der Waals surface area contributed by atoms with Crippen LogP contribution in [0.25, 0.3) is 37.7 Å². The Morgan fingerprint density at radius 2 is 1.38 bits per heavy atom. The molecule has 25 nitrogen and oxygen atoms in total. The molecule has 8 rings (SSSR count). The number of halogens is 1. The maximum absolute atomic E-state index is 12.8. The van der Waals surface area contributed by atoms with Gasteiger partial charge in [0, 0.05) is 17.0 Å². The number of hydrogen-bond acceptors (Lipinski definition) is 21. The summed E-state index contributed by atoms with van der Waals surface area (Å²) >= 11 is 6.98. The van der Waals surface area contributed by atoms with Crippen LogP contribution in [0.2, 0.25) is 5.02 Å². The molecule has 6 N–H and O–H groups in total. The minimum absolute atomic E-state index is 0.00584. The molecule has 0 bridgehead atoms.